The van der Waals surface area contributed by atoms with Crippen molar-refractivity contribution in [2.45, 2.75) is 44.7 Å². The Kier molecular flexibility index (Phi) is 10.8. The summed E-state index contributed by atoms with van der Waals surface area (Å²) in [6.07, 6.45) is 0.133. The van der Waals surface area contributed by atoms with Gasteiger partial charge in [-0.05, 0) is 62.2 Å². The van der Waals surface area contributed by atoms with Gasteiger partial charge in [0.15, 0.2) is 0 Å². The van der Waals surface area contributed by atoms with Crippen molar-refractivity contribution >= 4 is 39.1 Å². The number of aryl methyl sites for hydroxylation is 2. The largest absolute Gasteiger partial charge is 0.355 e. The van der Waals surface area contributed by atoms with E-state index in [4.69, 9.17) is 11.6 Å². The fourth-order valence-corrected chi connectivity index (χ4v) is 6.50. The summed E-state index contributed by atoms with van der Waals surface area (Å²) in [7, 11) is -4.28. The molecule has 0 heterocycles. The van der Waals surface area contributed by atoms with Gasteiger partial charge in [0, 0.05) is 30.1 Å². The molecule has 0 saturated heterocycles. The van der Waals surface area contributed by atoms with E-state index in [0.29, 0.717) is 12.1 Å². The number of anilines is 1. The molecule has 0 bridgehead atoms. The minimum absolute atomic E-state index is 0.0134. The van der Waals surface area contributed by atoms with E-state index in [2.05, 4.69) is 5.32 Å². The zero-order chi connectivity index (χ0) is 31.9. The molecule has 7 nitrogen and oxygen atoms in total. The number of carbonyl (C=O) groups is 2. The second-order valence-electron chi connectivity index (χ2n) is 10.5. The van der Waals surface area contributed by atoms with Crippen molar-refractivity contribution in [1.82, 2.24) is 10.2 Å². The maximum absolute atomic E-state index is 15.0. The molecular formula is C34H35ClFN3O4S. The molecule has 1 atom stereocenters. The predicted octanol–water partition coefficient (Wildman–Crippen LogP) is 6.07. The summed E-state index contributed by atoms with van der Waals surface area (Å²) in [5.74, 6) is -1.67. The fourth-order valence-electron chi connectivity index (χ4n) is 4.86. The van der Waals surface area contributed by atoms with Crippen LogP contribution >= 0.6 is 11.6 Å². The average Bonchev–Trinajstić information content (AvgIpc) is 3.00. The monoisotopic (exact) mass is 635 g/mol. The lowest BCUT2D eigenvalue weighted by Crippen LogP contribution is -2.53. The van der Waals surface area contributed by atoms with E-state index >= 15 is 0 Å². The first-order valence-electron chi connectivity index (χ1n) is 14.2. The van der Waals surface area contributed by atoms with Gasteiger partial charge in [-0.15, -0.1) is 0 Å². The van der Waals surface area contributed by atoms with Crippen LogP contribution in [0, 0.1) is 19.7 Å². The van der Waals surface area contributed by atoms with Gasteiger partial charge in [-0.1, -0.05) is 83.9 Å². The Morgan fingerprint density at radius 3 is 2.23 bits per heavy atom. The molecule has 0 radical (unpaired) electrons. The number of benzene rings is 4. The minimum Gasteiger partial charge on any atom is -0.355 e. The van der Waals surface area contributed by atoms with Crippen LogP contribution in [0.4, 0.5) is 10.1 Å². The van der Waals surface area contributed by atoms with E-state index < -0.39 is 40.2 Å². The minimum atomic E-state index is -4.28. The summed E-state index contributed by atoms with van der Waals surface area (Å²) < 4.78 is 44.3. The molecule has 4 rings (SSSR count). The lowest BCUT2D eigenvalue weighted by Gasteiger charge is -2.34. The first kappa shape index (κ1) is 32.7. The van der Waals surface area contributed by atoms with E-state index in [1.807, 2.05) is 37.3 Å². The van der Waals surface area contributed by atoms with E-state index in [1.165, 1.54) is 41.3 Å². The third-order valence-corrected chi connectivity index (χ3v) is 9.26. The van der Waals surface area contributed by atoms with Crippen LogP contribution in [-0.2, 0) is 32.6 Å². The van der Waals surface area contributed by atoms with Crippen LogP contribution in [0.15, 0.2) is 102 Å². The highest BCUT2D eigenvalue weighted by atomic mass is 35.5. The molecule has 0 saturated carbocycles. The Balaban J connectivity index is 1.83. The van der Waals surface area contributed by atoms with Crippen molar-refractivity contribution in [3.05, 3.63) is 130 Å². The standard InChI is InChI=1S/C34H35ClFN3O4S/c1-4-37-34(41)32(20-26-10-6-5-7-11-26)38(22-27-12-8-9-13-30(27)36)33(40)23-39(31-21-28(35)17-16-25(31)3)44(42,43)29-18-14-24(2)15-19-29/h5-19,21,32H,4,20,22-23H2,1-3H3,(H,37,41). The number of amides is 2. The van der Waals surface area contributed by atoms with Gasteiger partial charge >= 0.3 is 0 Å². The Bertz CT molecular complexity index is 1720. The summed E-state index contributed by atoms with van der Waals surface area (Å²) >= 11 is 6.31. The predicted molar refractivity (Wildman–Crippen MR) is 171 cm³/mol. The Hall–Kier alpha value is -4.21. The molecule has 0 aromatic heterocycles. The van der Waals surface area contributed by atoms with E-state index in [1.54, 1.807) is 44.2 Å². The van der Waals surface area contributed by atoms with Crippen LogP contribution in [0.3, 0.4) is 0 Å². The van der Waals surface area contributed by atoms with Crippen molar-refractivity contribution in [2.24, 2.45) is 0 Å². The number of sulfonamides is 1. The molecular weight excluding hydrogens is 601 g/mol. The zero-order valence-electron chi connectivity index (χ0n) is 24.8. The number of likely N-dealkylation sites (N-methyl/N-ethyl adjacent to an activating group) is 1. The Morgan fingerprint density at radius 1 is 0.909 bits per heavy atom. The summed E-state index contributed by atoms with van der Waals surface area (Å²) in [6.45, 7) is 4.72. The second-order valence-corrected chi connectivity index (χ2v) is 12.8. The number of halogens is 2. The number of hydrogen-bond donors (Lipinski definition) is 1. The molecule has 4 aromatic carbocycles. The maximum atomic E-state index is 15.0. The lowest BCUT2D eigenvalue weighted by atomic mass is 10.0. The van der Waals surface area contributed by atoms with E-state index in [0.717, 1.165) is 15.4 Å². The van der Waals surface area contributed by atoms with Crippen molar-refractivity contribution in [2.75, 3.05) is 17.4 Å². The third-order valence-electron chi connectivity index (χ3n) is 7.25. The quantitative estimate of drug-likeness (QED) is 0.205. The highest BCUT2D eigenvalue weighted by Crippen LogP contribution is 2.30. The van der Waals surface area contributed by atoms with Gasteiger partial charge in [0.25, 0.3) is 10.0 Å². The number of hydrogen-bond acceptors (Lipinski definition) is 4. The van der Waals surface area contributed by atoms with Crippen LogP contribution in [0.5, 0.6) is 0 Å². The fraction of sp³-hybridized carbons (Fsp3) is 0.235. The van der Waals surface area contributed by atoms with E-state index in [-0.39, 0.29) is 34.1 Å². The molecule has 0 aliphatic carbocycles. The van der Waals surface area contributed by atoms with Gasteiger partial charge in [0.2, 0.25) is 11.8 Å². The Morgan fingerprint density at radius 2 is 1.57 bits per heavy atom. The summed E-state index contributed by atoms with van der Waals surface area (Å²) in [4.78, 5) is 29.2. The molecule has 0 aliphatic heterocycles. The van der Waals surface area contributed by atoms with Crippen LogP contribution < -0.4 is 9.62 Å². The van der Waals surface area contributed by atoms with Gasteiger partial charge in [0.1, 0.15) is 18.4 Å². The molecule has 44 heavy (non-hydrogen) atoms. The summed E-state index contributed by atoms with van der Waals surface area (Å²) in [5, 5.41) is 3.08. The van der Waals surface area contributed by atoms with E-state index in [9.17, 15) is 22.4 Å². The average molecular weight is 636 g/mol. The molecule has 2 amide bonds. The zero-order valence-corrected chi connectivity index (χ0v) is 26.4. The molecule has 1 N–H and O–H groups in total. The first-order chi connectivity index (χ1) is 21.0. The highest BCUT2D eigenvalue weighted by Gasteiger charge is 2.35. The topological polar surface area (TPSA) is 86.8 Å². The normalized spacial score (nSPS) is 11.9. The SMILES string of the molecule is CCNC(=O)C(Cc1ccccc1)N(Cc1ccccc1F)C(=O)CN(c1cc(Cl)ccc1C)S(=O)(=O)c1ccc(C)cc1. The second kappa shape index (κ2) is 14.5. The highest BCUT2D eigenvalue weighted by molar-refractivity contribution is 7.92. The van der Waals surface area contributed by atoms with Crippen molar-refractivity contribution in [3.63, 3.8) is 0 Å². The summed E-state index contributed by atoms with van der Waals surface area (Å²) in [6, 6.07) is 25.2. The maximum Gasteiger partial charge on any atom is 0.264 e. The Labute approximate surface area is 263 Å². The molecule has 0 spiro atoms. The van der Waals surface area contributed by atoms with Crippen LogP contribution in [-0.4, -0.2) is 44.3 Å². The van der Waals surface area contributed by atoms with Gasteiger partial charge in [0.05, 0.1) is 10.6 Å². The molecule has 10 heteroatoms. The first-order valence-corrected chi connectivity index (χ1v) is 16.0. The molecule has 4 aromatic rings. The van der Waals surface area contributed by atoms with Crippen LogP contribution in [0.25, 0.3) is 0 Å². The number of nitrogens with zero attached hydrogens (tertiary/aromatic N) is 2. The number of nitrogens with one attached hydrogen (secondary N) is 1. The molecule has 0 fully saturated rings. The molecule has 0 aliphatic rings. The number of rotatable bonds is 12. The molecule has 230 valence electrons. The number of carbonyl (C=O) groups excluding carboxylic acids is 2. The van der Waals surface area contributed by atoms with Crippen molar-refractivity contribution in [3.8, 4) is 0 Å². The van der Waals surface area contributed by atoms with Gasteiger partial charge < -0.3 is 10.2 Å². The van der Waals surface area contributed by atoms with Gasteiger partial charge in [-0.2, -0.15) is 0 Å². The van der Waals surface area contributed by atoms with Crippen LogP contribution in [0.2, 0.25) is 5.02 Å². The van der Waals surface area contributed by atoms with Gasteiger partial charge in [-0.25, -0.2) is 12.8 Å². The lowest BCUT2D eigenvalue weighted by molar-refractivity contribution is -0.140. The van der Waals surface area contributed by atoms with Gasteiger partial charge in [-0.3, -0.25) is 13.9 Å². The smallest absolute Gasteiger partial charge is 0.264 e. The van der Waals surface area contributed by atoms with Crippen molar-refractivity contribution < 1.29 is 22.4 Å². The third kappa shape index (κ3) is 7.84. The van der Waals surface area contributed by atoms with Crippen molar-refractivity contribution in [1.29, 1.82) is 0 Å². The summed E-state index contributed by atoms with van der Waals surface area (Å²) in [5.41, 5.74) is 2.63. The van der Waals surface area contributed by atoms with Crippen LogP contribution in [0.1, 0.15) is 29.2 Å². The molecule has 1 unspecified atom stereocenters.